The van der Waals surface area contributed by atoms with Crippen molar-refractivity contribution in [2.75, 3.05) is 13.7 Å². The molecule has 0 N–H and O–H groups in total. The van der Waals surface area contributed by atoms with Gasteiger partial charge in [0.05, 0.1) is 18.1 Å². The molecule has 0 heterocycles. The van der Waals surface area contributed by atoms with Crippen molar-refractivity contribution in [3.8, 4) is 16.9 Å². The van der Waals surface area contributed by atoms with Crippen molar-refractivity contribution >= 4 is 17.6 Å². The predicted octanol–water partition coefficient (Wildman–Crippen LogP) is 4.19. The summed E-state index contributed by atoms with van der Waals surface area (Å²) in [6, 6.07) is 15.6. The zero-order valence-corrected chi connectivity index (χ0v) is 12.8. The van der Waals surface area contributed by atoms with Crippen molar-refractivity contribution in [1.82, 2.24) is 0 Å². The molecule has 4 heteroatoms. The zero-order chi connectivity index (χ0) is 15.2. The average molecular weight is 305 g/mol. The highest BCUT2D eigenvalue weighted by Crippen LogP contribution is 2.30. The second-order valence-corrected chi connectivity index (χ2v) is 5.15. The summed E-state index contributed by atoms with van der Waals surface area (Å²) in [6.45, 7) is 1.98. The number of rotatable bonds is 5. The monoisotopic (exact) mass is 304 g/mol. The van der Waals surface area contributed by atoms with E-state index in [0.717, 1.165) is 11.1 Å². The minimum atomic E-state index is -0.333. The quantitative estimate of drug-likeness (QED) is 0.777. The second-order valence-electron chi connectivity index (χ2n) is 4.75. The van der Waals surface area contributed by atoms with Crippen molar-refractivity contribution in [3.05, 3.63) is 53.6 Å². The van der Waals surface area contributed by atoms with Gasteiger partial charge < -0.3 is 9.47 Å². The lowest BCUT2D eigenvalue weighted by Crippen LogP contribution is -2.20. The molecule has 0 aromatic heterocycles. The van der Waals surface area contributed by atoms with E-state index in [4.69, 9.17) is 16.3 Å². The summed E-state index contributed by atoms with van der Waals surface area (Å²) in [5.74, 6) is -0.0704. The number of hydrogen-bond acceptors (Lipinski definition) is 3. The van der Waals surface area contributed by atoms with Crippen molar-refractivity contribution < 1.29 is 14.3 Å². The van der Waals surface area contributed by atoms with E-state index in [0.29, 0.717) is 10.8 Å². The number of ether oxygens (including phenoxy) is 2. The first-order valence-electron chi connectivity index (χ1n) is 6.67. The Morgan fingerprint density at radius 2 is 1.86 bits per heavy atom. The van der Waals surface area contributed by atoms with Crippen LogP contribution in [0.3, 0.4) is 0 Å². The molecule has 0 aliphatic rings. The molecule has 0 fully saturated rings. The molecule has 0 spiro atoms. The molecule has 3 nitrogen and oxygen atoms in total. The Morgan fingerprint density at radius 3 is 2.48 bits per heavy atom. The summed E-state index contributed by atoms with van der Waals surface area (Å²) in [7, 11) is 1.36. The molecular weight excluding hydrogens is 288 g/mol. The van der Waals surface area contributed by atoms with Gasteiger partial charge >= 0.3 is 5.97 Å². The van der Waals surface area contributed by atoms with Crippen molar-refractivity contribution in [1.29, 1.82) is 0 Å². The molecule has 1 unspecified atom stereocenters. The summed E-state index contributed by atoms with van der Waals surface area (Å²) in [6.07, 6.45) is 0. The van der Waals surface area contributed by atoms with Gasteiger partial charge in [-0.1, -0.05) is 48.0 Å². The van der Waals surface area contributed by atoms with Gasteiger partial charge in [0.15, 0.2) is 0 Å². The van der Waals surface area contributed by atoms with Gasteiger partial charge in [0.2, 0.25) is 0 Å². The number of esters is 1. The van der Waals surface area contributed by atoms with Crippen LogP contribution in [0, 0.1) is 5.92 Å². The van der Waals surface area contributed by atoms with Crippen LogP contribution in [0.2, 0.25) is 5.02 Å². The molecule has 0 radical (unpaired) electrons. The van der Waals surface area contributed by atoms with E-state index in [1.165, 1.54) is 7.11 Å². The smallest absolute Gasteiger partial charge is 0.311 e. The standard InChI is InChI=1S/C17H17ClO3/c1-12(17(19)20-2)11-21-16-9-8-14(10-15(16)18)13-6-4-3-5-7-13/h3-10,12H,11H2,1-2H3. The van der Waals surface area contributed by atoms with Crippen LogP contribution in [0.4, 0.5) is 0 Å². The molecule has 1 atom stereocenters. The number of carbonyl (C=O) groups excluding carboxylic acids is 1. The largest absolute Gasteiger partial charge is 0.491 e. The molecule has 2 aromatic rings. The highest BCUT2D eigenvalue weighted by atomic mass is 35.5. The van der Waals surface area contributed by atoms with Gasteiger partial charge in [-0.15, -0.1) is 0 Å². The van der Waals surface area contributed by atoms with Crippen LogP contribution in [-0.4, -0.2) is 19.7 Å². The minimum absolute atomic E-state index is 0.233. The van der Waals surface area contributed by atoms with Gasteiger partial charge in [0.25, 0.3) is 0 Å². The normalized spacial score (nSPS) is 11.8. The summed E-state index contributed by atoms with van der Waals surface area (Å²) in [5, 5.41) is 0.522. The third-order valence-electron chi connectivity index (χ3n) is 3.13. The van der Waals surface area contributed by atoms with Gasteiger partial charge in [0.1, 0.15) is 12.4 Å². The molecule has 0 saturated carbocycles. The highest BCUT2D eigenvalue weighted by Gasteiger charge is 2.14. The molecular formula is C17H17ClO3. The Labute approximate surface area is 129 Å². The van der Waals surface area contributed by atoms with E-state index < -0.39 is 0 Å². The first kappa shape index (κ1) is 15.4. The van der Waals surface area contributed by atoms with Gasteiger partial charge in [-0.2, -0.15) is 0 Å². The van der Waals surface area contributed by atoms with E-state index in [2.05, 4.69) is 4.74 Å². The topological polar surface area (TPSA) is 35.5 Å². The average Bonchev–Trinajstić information content (AvgIpc) is 2.53. The maximum absolute atomic E-state index is 11.3. The first-order chi connectivity index (χ1) is 10.1. The van der Waals surface area contributed by atoms with Crippen molar-refractivity contribution in [3.63, 3.8) is 0 Å². The SMILES string of the molecule is COC(=O)C(C)COc1ccc(-c2ccccc2)cc1Cl. The lowest BCUT2D eigenvalue weighted by molar-refractivity contribution is -0.145. The maximum Gasteiger partial charge on any atom is 0.311 e. The molecule has 0 saturated heterocycles. The van der Waals surface area contributed by atoms with Crippen LogP contribution in [0.15, 0.2) is 48.5 Å². The number of halogens is 1. The Hall–Kier alpha value is -2.00. The minimum Gasteiger partial charge on any atom is -0.491 e. The maximum atomic E-state index is 11.3. The van der Waals surface area contributed by atoms with E-state index in [-0.39, 0.29) is 18.5 Å². The predicted molar refractivity (Wildman–Crippen MR) is 83.6 cm³/mol. The van der Waals surface area contributed by atoms with Gasteiger partial charge in [0, 0.05) is 0 Å². The van der Waals surface area contributed by atoms with E-state index >= 15 is 0 Å². The Kier molecular flexibility index (Phi) is 5.23. The molecule has 2 rings (SSSR count). The Balaban J connectivity index is 2.08. The summed E-state index contributed by atoms with van der Waals surface area (Å²) in [4.78, 5) is 11.3. The fourth-order valence-electron chi connectivity index (χ4n) is 1.91. The highest BCUT2D eigenvalue weighted by molar-refractivity contribution is 6.32. The number of benzene rings is 2. The van der Waals surface area contributed by atoms with Gasteiger partial charge in [-0.3, -0.25) is 4.79 Å². The van der Waals surface area contributed by atoms with Crippen LogP contribution < -0.4 is 4.74 Å². The first-order valence-corrected chi connectivity index (χ1v) is 7.05. The third kappa shape index (κ3) is 3.99. The lowest BCUT2D eigenvalue weighted by Gasteiger charge is -2.13. The fraction of sp³-hybridized carbons (Fsp3) is 0.235. The van der Waals surface area contributed by atoms with Crippen LogP contribution in [0.5, 0.6) is 5.75 Å². The van der Waals surface area contributed by atoms with E-state index in [9.17, 15) is 4.79 Å². The van der Waals surface area contributed by atoms with Gasteiger partial charge in [-0.05, 0) is 30.2 Å². The van der Waals surface area contributed by atoms with Crippen LogP contribution in [-0.2, 0) is 9.53 Å². The third-order valence-corrected chi connectivity index (χ3v) is 3.43. The van der Waals surface area contributed by atoms with Crippen molar-refractivity contribution in [2.45, 2.75) is 6.92 Å². The van der Waals surface area contributed by atoms with Crippen LogP contribution >= 0.6 is 11.6 Å². The molecule has 0 amide bonds. The molecule has 21 heavy (non-hydrogen) atoms. The summed E-state index contributed by atoms with van der Waals surface area (Å²) in [5.41, 5.74) is 2.11. The number of carbonyl (C=O) groups is 1. The molecule has 2 aromatic carbocycles. The zero-order valence-electron chi connectivity index (χ0n) is 12.0. The summed E-state index contributed by atoms with van der Waals surface area (Å²) >= 11 is 6.24. The molecule has 110 valence electrons. The molecule has 0 aliphatic carbocycles. The summed E-state index contributed by atoms with van der Waals surface area (Å²) < 4.78 is 10.2. The van der Waals surface area contributed by atoms with Crippen LogP contribution in [0.1, 0.15) is 6.92 Å². The van der Waals surface area contributed by atoms with Gasteiger partial charge in [-0.25, -0.2) is 0 Å². The van der Waals surface area contributed by atoms with Crippen LogP contribution in [0.25, 0.3) is 11.1 Å². The van der Waals surface area contributed by atoms with E-state index in [1.54, 1.807) is 6.92 Å². The second kappa shape index (κ2) is 7.14. The molecule has 0 bridgehead atoms. The lowest BCUT2D eigenvalue weighted by atomic mass is 10.1. The Morgan fingerprint density at radius 1 is 1.14 bits per heavy atom. The number of hydrogen-bond donors (Lipinski definition) is 0. The molecule has 0 aliphatic heterocycles. The number of methoxy groups -OCH3 is 1. The fourth-order valence-corrected chi connectivity index (χ4v) is 2.15. The Bertz CT molecular complexity index is 611. The van der Waals surface area contributed by atoms with Crippen molar-refractivity contribution in [2.24, 2.45) is 5.92 Å². The van der Waals surface area contributed by atoms with E-state index in [1.807, 2.05) is 48.5 Å².